The summed E-state index contributed by atoms with van der Waals surface area (Å²) in [5, 5.41) is 0. The fraction of sp³-hybridized carbons (Fsp3) is 1.00. The monoisotopic (exact) mass is 213 g/mol. The van der Waals surface area contributed by atoms with Gasteiger partial charge < -0.3 is 5.73 Å². The second-order valence-electron chi connectivity index (χ2n) is 5.03. The molecule has 1 aliphatic heterocycles. The van der Waals surface area contributed by atoms with E-state index in [0.717, 1.165) is 11.8 Å². The van der Waals surface area contributed by atoms with Crippen LogP contribution in [0.4, 0.5) is 0 Å². The Kier molecular flexibility index (Phi) is 4.18. The van der Waals surface area contributed by atoms with Crippen molar-refractivity contribution in [3.63, 3.8) is 0 Å². The van der Waals surface area contributed by atoms with Crippen molar-refractivity contribution in [1.82, 2.24) is 0 Å². The number of hydrogen-bond donors (Lipinski definition) is 1. The van der Waals surface area contributed by atoms with Crippen molar-refractivity contribution in [3.05, 3.63) is 0 Å². The standard InChI is InChI=1S/C12H23NS/c13-12-6-7-14-9-11(12)8-10-4-2-1-3-5-10/h10-12H,1-9,13H2. The zero-order valence-electron chi connectivity index (χ0n) is 9.08. The third-order valence-corrected chi connectivity index (χ3v) is 5.08. The van der Waals surface area contributed by atoms with Crippen molar-refractivity contribution in [2.45, 2.75) is 51.0 Å². The molecule has 1 aliphatic carbocycles. The third kappa shape index (κ3) is 2.90. The predicted molar refractivity (Wildman–Crippen MR) is 64.6 cm³/mol. The maximum atomic E-state index is 6.18. The second kappa shape index (κ2) is 5.41. The Morgan fingerprint density at radius 1 is 1.07 bits per heavy atom. The van der Waals surface area contributed by atoms with Crippen LogP contribution < -0.4 is 5.73 Å². The van der Waals surface area contributed by atoms with Crippen molar-refractivity contribution in [2.75, 3.05) is 11.5 Å². The minimum atomic E-state index is 0.512. The largest absolute Gasteiger partial charge is 0.327 e. The number of rotatable bonds is 2. The van der Waals surface area contributed by atoms with E-state index in [2.05, 4.69) is 11.8 Å². The number of nitrogens with two attached hydrogens (primary N) is 1. The van der Waals surface area contributed by atoms with Gasteiger partial charge in [0, 0.05) is 6.04 Å². The first-order valence-electron chi connectivity index (χ1n) is 6.19. The van der Waals surface area contributed by atoms with Crippen LogP contribution in [0.25, 0.3) is 0 Å². The molecule has 2 rings (SSSR count). The quantitative estimate of drug-likeness (QED) is 0.763. The molecule has 2 fully saturated rings. The van der Waals surface area contributed by atoms with Gasteiger partial charge in [-0.3, -0.25) is 0 Å². The first kappa shape index (κ1) is 10.8. The lowest BCUT2D eigenvalue weighted by atomic mass is 9.81. The van der Waals surface area contributed by atoms with Gasteiger partial charge in [0.25, 0.3) is 0 Å². The summed E-state index contributed by atoms with van der Waals surface area (Å²) in [5.74, 6) is 4.47. The van der Waals surface area contributed by atoms with E-state index in [0.29, 0.717) is 6.04 Å². The Labute approximate surface area is 92.2 Å². The molecule has 14 heavy (non-hydrogen) atoms. The molecule has 0 amide bonds. The first-order chi connectivity index (χ1) is 6.86. The Morgan fingerprint density at radius 2 is 1.86 bits per heavy atom. The van der Waals surface area contributed by atoms with Crippen LogP contribution in [-0.2, 0) is 0 Å². The lowest BCUT2D eigenvalue weighted by Crippen LogP contribution is -2.36. The minimum absolute atomic E-state index is 0.512. The van der Waals surface area contributed by atoms with Gasteiger partial charge in [0.2, 0.25) is 0 Å². The Balaban J connectivity index is 1.76. The van der Waals surface area contributed by atoms with Gasteiger partial charge in [0.1, 0.15) is 0 Å². The highest BCUT2D eigenvalue weighted by Gasteiger charge is 2.25. The summed E-state index contributed by atoms with van der Waals surface area (Å²) in [5.41, 5.74) is 6.18. The van der Waals surface area contributed by atoms with Crippen molar-refractivity contribution in [3.8, 4) is 0 Å². The highest BCUT2D eigenvalue weighted by atomic mass is 32.2. The van der Waals surface area contributed by atoms with Gasteiger partial charge in [0.05, 0.1) is 0 Å². The van der Waals surface area contributed by atoms with E-state index in [4.69, 9.17) is 5.73 Å². The van der Waals surface area contributed by atoms with Crippen molar-refractivity contribution >= 4 is 11.8 Å². The molecular weight excluding hydrogens is 190 g/mol. The lowest BCUT2D eigenvalue weighted by molar-refractivity contribution is 0.273. The molecule has 1 nitrogen and oxygen atoms in total. The van der Waals surface area contributed by atoms with E-state index < -0.39 is 0 Å². The minimum Gasteiger partial charge on any atom is -0.327 e. The van der Waals surface area contributed by atoms with Crippen molar-refractivity contribution in [2.24, 2.45) is 17.6 Å². The molecule has 2 N–H and O–H groups in total. The topological polar surface area (TPSA) is 26.0 Å². The van der Waals surface area contributed by atoms with Crippen LogP contribution in [0.2, 0.25) is 0 Å². The number of hydrogen-bond acceptors (Lipinski definition) is 2. The Bertz CT molecular complexity index is 166. The Hall–Kier alpha value is 0.310. The zero-order chi connectivity index (χ0) is 9.80. The molecular formula is C12H23NS. The molecule has 2 aliphatic rings. The molecule has 2 unspecified atom stereocenters. The van der Waals surface area contributed by atoms with Crippen LogP contribution in [-0.4, -0.2) is 17.5 Å². The van der Waals surface area contributed by atoms with Gasteiger partial charge in [-0.1, -0.05) is 32.1 Å². The normalized spacial score (nSPS) is 35.8. The summed E-state index contributed by atoms with van der Waals surface area (Å²) in [7, 11) is 0. The summed E-state index contributed by atoms with van der Waals surface area (Å²) in [6, 6.07) is 0.512. The third-order valence-electron chi connectivity index (χ3n) is 3.89. The molecule has 0 radical (unpaired) electrons. The number of thioether (sulfide) groups is 1. The Morgan fingerprint density at radius 3 is 2.57 bits per heavy atom. The van der Waals surface area contributed by atoms with Crippen LogP contribution in [0.1, 0.15) is 44.9 Å². The van der Waals surface area contributed by atoms with E-state index in [1.807, 2.05) is 0 Å². The van der Waals surface area contributed by atoms with E-state index in [1.54, 1.807) is 0 Å². The molecule has 2 heteroatoms. The van der Waals surface area contributed by atoms with E-state index in [9.17, 15) is 0 Å². The summed E-state index contributed by atoms with van der Waals surface area (Å²) in [6.45, 7) is 0. The van der Waals surface area contributed by atoms with E-state index in [1.165, 1.54) is 56.5 Å². The fourth-order valence-electron chi connectivity index (χ4n) is 2.91. The molecule has 0 spiro atoms. The first-order valence-corrected chi connectivity index (χ1v) is 7.35. The highest BCUT2D eigenvalue weighted by Crippen LogP contribution is 2.33. The molecule has 2 atom stereocenters. The van der Waals surface area contributed by atoms with Crippen molar-refractivity contribution in [1.29, 1.82) is 0 Å². The lowest BCUT2D eigenvalue weighted by Gasteiger charge is -2.32. The van der Waals surface area contributed by atoms with Crippen LogP contribution in [0.15, 0.2) is 0 Å². The average molecular weight is 213 g/mol. The SMILES string of the molecule is NC1CCSCC1CC1CCCCC1. The smallest absolute Gasteiger partial charge is 0.00829 e. The fourth-order valence-corrected chi connectivity index (χ4v) is 4.20. The molecule has 1 heterocycles. The van der Waals surface area contributed by atoms with Crippen LogP contribution in [0.3, 0.4) is 0 Å². The van der Waals surface area contributed by atoms with Gasteiger partial charge in [-0.15, -0.1) is 0 Å². The van der Waals surface area contributed by atoms with Gasteiger partial charge in [0.15, 0.2) is 0 Å². The van der Waals surface area contributed by atoms with Crippen LogP contribution in [0.5, 0.6) is 0 Å². The maximum Gasteiger partial charge on any atom is 0.00829 e. The summed E-state index contributed by atoms with van der Waals surface area (Å²) in [4.78, 5) is 0. The van der Waals surface area contributed by atoms with E-state index >= 15 is 0 Å². The van der Waals surface area contributed by atoms with Gasteiger partial charge in [-0.2, -0.15) is 11.8 Å². The molecule has 1 saturated heterocycles. The molecule has 0 aromatic carbocycles. The molecule has 0 bridgehead atoms. The van der Waals surface area contributed by atoms with E-state index in [-0.39, 0.29) is 0 Å². The molecule has 0 aromatic heterocycles. The summed E-state index contributed by atoms with van der Waals surface area (Å²) < 4.78 is 0. The van der Waals surface area contributed by atoms with Gasteiger partial charge >= 0.3 is 0 Å². The maximum absolute atomic E-state index is 6.18. The molecule has 1 saturated carbocycles. The molecule has 0 aromatic rings. The van der Waals surface area contributed by atoms with Gasteiger partial charge in [-0.05, 0) is 36.2 Å². The van der Waals surface area contributed by atoms with Crippen LogP contribution in [0, 0.1) is 11.8 Å². The second-order valence-corrected chi connectivity index (χ2v) is 6.18. The molecule has 82 valence electrons. The van der Waals surface area contributed by atoms with Crippen LogP contribution >= 0.6 is 11.8 Å². The van der Waals surface area contributed by atoms with Crippen molar-refractivity contribution < 1.29 is 0 Å². The van der Waals surface area contributed by atoms with Gasteiger partial charge in [-0.25, -0.2) is 0 Å². The predicted octanol–water partition coefficient (Wildman–Crippen LogP) is 3.04. The average Bonchev–Trinajstić information content (AvgIpc) is 2.23. The summed E-state index contributed by atoms with van der Waals surface area (Å²) >= 11 is 2.12. The summed E-state index contributed by atoms with van der Waals surface area (Å²) in [6.07, 6.45) is 10.1. The highest BCUT2D eigenvalue weighted by molar-refractivity contribution is 7.99. The zero-order valence-corrected chi connectivity index (χ0v) is 9.90.